The van der Waals surface area contributed by atoms with Crippen LogP contribution >= 0.6 is 11.3 Å². The number of hydrogen-bond acceptors (Lipinski definition) is 4. The fourth-order valence-electron chi connectivity index (χ4n) is 1.13. The Bertz CT molecular complexity index is 450. The Labute approximate surface area is 90.8 Å². The van der Waals surface area contributed by atoms with E-state index >= 15 is 0 Å². The van der Waals surface area contributed by atoms with Gasteiger partial charge < -0.3 is 5.73 Å². The maximum atomic E-state index is 12.7. The highest BCUT2D eigenvalue weighted by Gasteiger charge is 2.09. The van der Waals surface area contributed by atoms with Crippen molar-refractivity contribution >= 4 is 11.3 Å². The largest absolute Gasteiger partial charge is 0.322 e. The lowest BCUT2D eigenvalue weighted by Crippen LogP contribution is -2.03. The number of nitrogens with zero attached hydrogens (tertiary/aromatic N) is 2. The van der Waals surface area contributed by atoms with E-state index in [9.17, 15) is 4.39 Å². The van der Waals surface area contributed by atoms with Crippen LogP contribution in [0.1, 0.15) is 18.0 Å². The molecule has 0 saturated carbocycles. The van der Waals surface area contributed by atoms with Crippen molar-refractivity contribution in [3.8, 4) is 10.6 Å². The lowest BCUT2D eigenvalue weighted by molar-refractivity contribution is 0.628. The van der Waals surface area contributed by atoms with Crippen molar-refractivity contribution in [3.05, 3.63) is 35.1 Å². The molecule has 0 aliphatic heterocycles. The molecule has 2 rings (SSSR count). The molecule has 15 heavy (non-hydrogen) atoms. The van der Waals surface area contributed by atoms with Gasteiger partial charge >= 0.3 is 0 Å². The minimum atomic E-state index is -0.254. The molecule has 1 aromatic carbocycles. The first-order valence-corrected chi connectivity index (χ1v) is 5.33. The third kappa shape index (κ3) is 2.19. The van der Waals surface area contributed by atoms with Crippen LogP contribution in [0.2, 0.25) is 0 Å². The van der Waals surface area contributed by atoms with E-state index in [1.807, 2.05) is 6.92 Å². The van der Waals surface area contributed by atoms with E-state index < -0.39 is 0 Å². The number of nitrogens with two attached hydrogens (primary N) is 1. The Morgan fingerprint density at radius 1 is 1.27 bits per heavy atom. The van der Waals surface area contributed by atoms with Crippen LogP contribution in [0.25, 0.3) is 10.6 Å². The summed E-state index contributed by atoms with van der Waals surface area (Å²) in [6, 6.07) is 6.06. The van der Waals surface area contributed by atoms with Gasteiger partial charge in [0.25, 0.3) is 0 Å². The SMILES string of the molecule is CC(N)c1nnc(-c2ccc(F)cc2)s1. The summed E-state index contributed by atoms with van der Waals surface area (Å²) in [6.07, 6.45) is 0. The number of benzene rings is 1. The van der Waals surface area contributed by atoms with Gasteiger partial charge in [0.2, 0.25) is 0 Å². The molecule has 0 saturated heterocycles. The van der Waals surface area contributed by atoms with Crippen LogP contribution in [0.5, 0.6) is 0 Å². The summed E-state index contributed by atoms with van der Waals surface area (Å²) in [5.41, 5.74) is 6.54. The number of rotatable bonds is 2. The summed E-state index contributed by atoms with van der Waals surface area (Å²) in [6.45, 7) is 1.86. The molecule has 0 bridgehead atoms. The molecule has 1 atom stereocenters. The molecule has 3 nitrogen and oxygen atoms in total. The van der Waals surface area contributed by atoms with Crippen molar-refractivity contribution in [1.29, 1.82) is 0 Å². The Kier molecular flexibility index (Phi) is 2.75. The van der Waals surface area contributed by atoms with Crippen LogP contribution in [0.4, 0.5) is 4.39 Å². The quantitative estimate of drug-likeness (QED) is 0.850. The van der Waals surface area contributed by atoms with Gasteiger partial charge in [-0.25, -0.2) is 4.39 Å². The van der Waals surface area contributed by atoms with E-state index in [-0.39, 0.29) is 11.9 Å². The van der Waals surface area contributed by atoms with Gasteiger partial charge in [-0.05, 0) is 31.2 Å². The first kappa shape index (κ1) is 10.2. The molecular formula is C10H10FN3S. The lowest BCUT2D eigenvalue weighted by Gasteiger charge is -1.95. The zero-order valence-corrected chi connectivity index (χ0v) is 8.96. The highest BCUT2D eigenvalue weighted by atomic mass is 32.1. The van der Waals surface area contributed by atoms with Gasteiger partial charge in [0.15, 0.2) is 0 Å². The maximum Gasteiger partial charge on any atom is 0.147 e. The molecule has 0 fully saturated rings. The fraction of sp³-hybridized carbons (Fsp3) is 0.200. The molecule has 0 spiro atoms. The molecule has 0 aliphatic carbocycles. The number of aromatic nitrogens is 2. The monoisotopic (exact) mass is 223 g/mol. The standard InChI is InChI=1S/C10H10FN3S/c1-6(12)9-13-14-10(15-9)7-2-4-8(11)5-3-7/h2-6H,12H2,1H3. The van der Waals surface area contributed by atoms with Crippen molar-refractivity contribution in [2.75, 3.05) is 0 Å². The highest BCUT2D eigenvalue weighted by molar-refractivity contribution is 7.14. The van der Waals surface area contributed by atoms with Crippen molar-refractivity contribution in [1.82, 2.24) is 10.2 Å². The second-order valence-corrected chi connectivity index (χ2v) is 4.25. The summed E-state index contributed by atoms with van der Waals surface area (Å²) < 4.78 is 12.7. The van der Waals surface area contributed by atoms with E-state index in [2.05, 4.69) is 10.2 Å². The number of halogens is 1. The Morgan fingerprint density at radius 3 is 2.47 bits per heavy atom. The zero-order chi connectivity index (χ0) is 10.8. The fourth-order valence-corrected chi connectivity index (χ4v) is 1.93. The van der Waals surface area contributed by atoms with Crippen LogP contribution in [0.15, 0.2) is 24.3 Å². The van der Waals surface area contributed by atoms with Crippen molar-refractivity contribution in [2.45, 2.75) is 13.0 Å². The molecule has 78 valence electrons. The Balaban J connectivity index is 2.33. The minimum absolute atomic E-state index is 0.114. The second kappa shape index (κ2) is 4.04. The first-order chi connectivity index (χ1) is 7.16. The highest BCUT2D eigenvalue weighted by Crippen LogP contribution is 2.25. The van der Waals surface area contributed by atoms with E-state index in [4.69, 9.17) is 5.73 Å². The first-order valence-electron chi connectivity index (χ1n) is 4.52. The van der Waals surface area contributed by atoms with Crippen LogP contribution in [-0.4, -0.2) is 10.2 Å². The zero-order valence-electron chi connectivity index (χ0n) is 8.14. The smallest absolute Gasteiger partial charge is 0.147 e. The van der Waals surface area contributed by atoms with Gasteiger partial charge in [-0.3, -0.25) is 0 Å². The molecular weight excluding hydrogens is 213 g/mol. The van der Waals surface area contributed by atoms with Crippen LogP contribution < -0.4 is 5.73 Å². The third-order valence-corrected chi connectivity index (χ3v) is 3.09. The molecule has 5 heteroatoms. The molecule has 1 unspecified atom stereocenters. The maximum absolute atomic E-state index is 12.7. The summed E-state index contributed by atoms with van der Waals surface area (Å²) in [5, 5.41) is 9.52. The molecule has 2 N–H and O–H groups in total. The summed E-state index contributed by atoms with van der Waals surface area (Å²) in [4.78, 5) is 0. The molecule has 1 aromatic heterocycles. The van der Waals surface area contributed by atoms with Gasteiger partial charge in [-0.1, -0.05) is 11.3 Å². The minimum Gasteiger partial charge on any atom is -0.322 e. The topological polar surface area (TPSA) is 51.8 Å². The summed E-state index contributed by atoms with van der Waals surface area (Å²) in [7, 11) is 0. The third-order valence-electron chi connectivity index (χ3n) is 1.92. The van der Waals surface area contributed by atoms with Crippen LogP contribution in [0.3, 0.4) is 0 Å². The van der Waals surface area contributed by atoms with Gasteiger partial charge in [0, 0.05) is 5.56 Å². The van der Waals surface area contributed by atoms with E-state index in [0.29, 0.717) is 0 Å². The van der Waals surface area contributed by atoms with Gasteiger partial charge in [0.1, 0.15) is 15.8 Å². The Morgan fingerprint density at radius 2 is 1.93 bits per heavy atom. The molecule has 1 heterocycles. The predicted molar refractivity (Wildman–Crippen MR) is 57.9 cm³/mol. The van der Waals surface area contributed by atoms with E-state index in [1.165, 1.54) is 23.5 Å². The summed E-state index contributed by atoms with van der Waals surface area (Å²) >= 11 is 1.43. The van der Waals surface area contributed by atoms with Crippen molar-refractivity contribution in [3.63, 3.8) is 0 Å². The van der Waals surface area contributed by atoms with E-state index in [0.717, 1.165) is 15.6 Å². The van der Waals surface area contributed by atoms with Gasteiger partial charge in [0.05, 0.1) is 6.04 Å². The average Bonchev–Trinajstić information content (AvgIpc) is 2.68. The van der Waals surface area contributed by atoms with Crippen molar-refractivity contribution < 1.29 is 4.39 Å². The molecule has 0 amide bonds. The van der Waals surface area contributed by atoms with Gasteiger partial charge in [-0.15, -0.1) is 10.2 Å². The average molecular weight is 223 g/mol. The summed E-state index contributed by atoms with van der Waals surface area (Å²) in [5.74, 6) is -0.254. The van der Waals surface area contributed by atoms with Gasteiger partial charge in [-0.2, -0.15) is 0 Å². The van der Waals surface area contributed by atoms with Crippen molar-refractivity contribution in [2.24, 2.45) is 5.73 Å². The normalized spacial score (nSPS) is 12.7. The molecule has 2 aromatic rings. The predicted octanol–water partition coefficient (Wildman–Crippen LogP) is 2.36. The van der Waals surface area contributed by atoms with Crippen LogP contribution in [0, 0.1) is 5.82 Å². The second-order valence-electron chi connectivity index (χ2n) is 3.24. The number of hydrogen-bond donors (Lipinski definition) is 1. The molecule has 0 radical (unpaired) electrons. The van der Waals surface area contributed by atoms with E-state index in [1.54, 1.807) is 12.1 Å². The molecule has 0 aliphatic rings. The Hall–Kier alpha value is -1.33. The van der Waals surface area contributed by atoms with Crippen LogP contribution in [-0.2, 0) is 0 Å². The lowest BCUT2D eigenvalue weighted by atomic mass is 10.2.